The van der Waals surface area contributed by atoms with Gasteiger partial charge in [-0.15, -0.1) is 0 Å². The first kappa shape index (κ1) is 37.6. The summed E-state index contributed by atoms with van der Waals surface area (Å²) in [6.45, 7) is 14.6. The van der Waals surface area contributed by atoms with Gasteiger partial charge in [-0.1, -0.05) is 88.6 Å². The van der Waals surface area contributed by atoms with Crippen LogP contribution < -0.4 is 20.7 Å². The Labute approximate surface area is 346 Å². The van der Waals surface area contributed by atoms with Crippen LogP contribution in [-0.4, -0.2) is 66.2 Å². The quantitative estimate of drug-likeness (QED) is 0.104. The second kappa shape index (κ2) is 13.7. The van der Waals surface area contributed by atoms with Gasteiger partial charge in [0, 0.05) is 54.0 Å². The number of benzene rings is 3. The first-order valence-electron chi connectivity index (χ1n) is 20.2. The number of anilines is 1. The predicted molar refractivity (Wildman–Crippen MR) is 226 cm³/mol. The van der Waals surface area contributed by atoms with E-state index in [1.807, 2.05) is 62.4 Å². The fourth-order valence-electron chi connectivity index (χ4n) is 8.94. The molecule has 0 aliphatic carbocycles. The van der Waals surface area contributed by atoms with E-state index in [4.69, 9.17) is 33.0 Å². The Morgan fingerprint density at radius 1 is 1.05 bits per heavy atom. The number of rotatable bonds is 7. The summed E-state index contributed by atoms with van der Waals surface area (Å²) >= 11 is 0. The van der Waals surface area contributed by atoms with Gasteiger partial charge in [0.1, 0.15) is 29.9 Å². The van der Waals surface area contributed by atoms with Gasteiger partial charge in [0.25, 0.3) is 0 Å². The molecule has 0 saturated carbocycles. The Morgan fingerprint density at radius 2 is 1.87 bits per heavy atom. The second-order valence-electron chi connectivity index (χ2n) is 17.3. The van der Waals surface area contributed by atoms with E-state index in [-0.39, 0.29) is 37.3 Å². The van der Waals surface area contributed by atoms with E-state index in [0.717, 1.165) is 44.9 Å². The van der Waals surface area contributed by atoms with E-state index in [1.165, 1.54) is 10.6 Å². The lowest BCUT2D eigenvalue weighted by Crippen LogP contribution is -2.50. The second-order valence-corrected chi connectivity index (χ2v) is 22.9. The number of alkyl carbamates (subject to hydrolysis) is 1. The highest BCUT2D eigenvalue weighted by atomic mass is 28.3. The number of nitrogens with zero attached hydrogens (tertiary/aromatic N) is 3. The molecule has 15 heteroatoms. The first-order chi connectivity index (χ1) is 28.8. The monoisotopic (exact) mass is 824 g/mol. The molecular weight excluding hydrogens is 781 g/mol. The van der Waals surface area contributed by atoms with E-state index >= 15 is 0 Å². The molecule has 3 aromatic heterocycles. The third-order valence-electron chi connectivity index (χ3n) is 11.9. The van der Waals surface area contributed by atoms with Gasteiger partial charge in [-0.25, -0.2) is 19.6 Å². The molecule has 306 valence electrons. The van der Waals surface area contributed by atoms with Gasteiger partial charge in [-0.05, 0) is 35.2 Å². The summed E-state index contributed by atoms with van der Waals surface area (Å²) in [6, 6.07) is 16.8. The molecule has 0 fully saturated rings. The van der Waals surface area contributed by atoms with Crippen molar-refractivity contribution in [2.24, 2.45) is 5.92 Å². The maximum Gasteiger partial charge on any atom is 0.418 e. The minimum absolute atomic E-state index is 0.0420. The van der Waals surface area contributed by atoms with E-state index in [9.17, 15) is 14.4 Å². The summed E-state index contributed by atoms with van der Waals surface area (Å²) in [4.78, 5) is 51.0. The molecule has 1 spiro atoms. The lowest BCUT2D eigenvalue weighted by molar-refractivity contribution is -0.124. The Hall–Kier alpha value is -6.61. The first-order valence-corrected chi connectivity index (χ1v) is 23.9. The number of oxazole rings is 2. The number of hydrogen-bond acceptors (Lipinski definition) is 11. The maximum absolute atomic E-state index is 14.3. The van der Waals surface area contributed by atoms with Crippen LogP contribution in [0.15, 0.2) is 88.5 Å². The molecule has 60 heavy (non-hydrogen) atoms. The molecule has 14 nitrogen and oxygen atoms in total. The largest absolute Gasteiger partial charge is 0.469 e. The molecule has 4 atom stereocenters. The number of amides is 2. The molecule has 2 amide bonds. The van der Waals surface area contributed by atoms with Gasteiger partial charge in [0.15, 0.2) is 23.4 Å². The lowest BCUT2D eigenvalue weighted by atomic mass is 9.72. The minimum atomic E-state index is -1.47. The number of carbonyl (C=O) groups excluding carboxylic acids is 3. The van der Waals surface area contributed by atoms with E-state index < -0.39 is 49.9 Å². The molecule has 3 aromatic carbocycles. The maximum atomic E-state index is 14.3. The lowest BCUT2D eigenvalue weighted by Gasteiger charge is -2.28. The van der Waals surface area contributed by atoms with Crippen molar-refractivity contribution in [3.05, 3.63) is 108 Å². The molecule has 0 saturated heterocycles. The molecule has 6 aromatic rings. The van der Waals surface area contributed by atoms with Crippen molar-refractivity contribution in [1.29, 1.82) is 0 Å². The van der Waals surface area contributed by atoms with Crippen LogP contribution in [0.25, 0.3) is 44.9 Å². The number of hydrogen-bond donors (Lipinski definition) is 3. The van der Waals surface area contributed by atoms with E-state index in [1.54, 1.807) is 12.4 Å². The summed E-state index contributed by atoms with van der Waals surface area (Å²) in [5.74, 6) is 1.24. The molecule has 7 heterocycles. The number of fused-ring (bicyclic) bond motifs is 7. The molecule has 10 rings (SSSR count). The standard InChI is InChI=1S/C45H44N6O8Si/c1-7-16-56-44(54)51-22-27-33-21-46-40(57-33)37-38-45-28-12-8-11-26(25-10-9-13-31(51)34(25)27)36(28)50-42(45)58-32-15-14-24(19-29(32)45)20-30(47-43(53)55-17-18-60(4,5)6)39(52)48-35(23(2)3)41(49-37)59-38/h7-15,19,21-23,30,35,42,50H,1,16-18,20H2,2-6H3,(H,47,53)(H,48,52)/t30-,35-,42+,45-/m0/s1. The number of aromatic nitrogens is 3. The van der Waals surface area contributed by atoms with Crippen molar-refractivity contribution < 1.29 is 37.4 Å². The van der Waals surface area contributed by atoms with Crippen LogP contribution in [0.2, 0.25) is 25.7 Å². The van der Waals surface area contributed by atoms with Crippen molar-refractivity contribution in [3.8, 4) is 39.8 Å². The van der Waals surface area contributed by atoms with Crippen molar-refractivity contribution in [2.45, 2.75) is 69.7 Å². The summed E-state index contributed by atoms with van der Waals surface area (Å²) < 4.78 is 33.1. The zero-order chi connectivity index (χ0) is 41.7. The minimum Gasteiger partial charge on any atom is -0.469 e. The van der Waals surface area contributed by atoms with Crippen LogP contribution in [0.1, 0.15) is 48.2 Å². The zero-order valence-electron chi connectivity index (χ0n) is 33.9. The van der Waals surface area contributed by atoms with Crippen LogP contribution in [0.3, 0.4) is 0 Å². The third kappa shape index (κ3) is 5.77. The van der Waals surface area contributed by atoms with Gasteiger partial charge in [-0.2, -0.15) is 0 Å². The topological polar surface area (TPSA) is 172 Å². The van der Waals surface area contributed by atoms with Crippen LogP contribution in [0, 0.1) is 5.92 Å². The Balaban J connectivity index is 1.21. The average molecular weight is 825 g/mol. The molecule has 4 aliphatic heterocycles. The highest BCUT2D eigenvalue weighted by Gasteiger charge is 2.61. The summed E-state index contributed by atoms with van der Waals surface area (Å²) in [5.41, 5.74) is 5.38. The summed E-state index contributed by atoms with van der Waals surface area (Å²) in [6.07, 6.45) is 3.08. The Bertz CT molecular complexity index is 2780. The van der Waals surface area contributed by atoms with Crippen LogP contribution >= 0.6 is 0 Å². The molecule has 3 N–H and O–H groups in total. The van der Waals surface area contributed by atoms with Crippen molar-refractivity contribution >= 4 is 42.8 Å². The van der Waals surface area contributed by atoms with Gasteiger partial charge in [-0.3, -0.25) is 9.36 Å². The van der Waals surface area contributed by atoms with Crippen molar-refractivity contribution in [1.82, 2.24) is 25.2 Å². The number of para-hydroxylation sites is 1. The van der Waals surface area contributed by atoms with Crippen LogP contribution in [0.4, 0.5) is 15.3 Å². The number of carbonyl (C=O) groups is 3. The smallest absolute Gasteiger partial charge is 0.418 e. The fourth-order valence-corrected chi connectivity index (χ4v) is 9.65. The molecule has 0 unspecified atom stereocenters. The predicted octanol–water partition coefficient (Wildman–Crippen LogP) is 8.38. The van der Waals surface area contributed by atoms with E-state index in [2.05, 4.69) is 48.2 Å². The molecule has 10 bridgehead atoms. The normalized spacial score (nSPS) is 20.6. The van der Waals surface area contributed by atoms with Gasteiger partial charge >= 0.3 is 12.2 Å². The van der Waals surface area contributed by atoms with Crippen molar-refractivity contribution in [3.63, 3.8) is 0 Å². The van der Waals surface area contributed by atoms with Gasteiger partial charge in [0.2, 0.25) is 17.7 Å². The van der Waals surface area contributed by atoms with Gasteiger partial charge < -0.3 is 39.0 Å². The highest BCUT2D eigenvalue weighted by Crippen LogP contribution is 2.61. The van der Waals surface area contributed by atoms with Gasteiger partial charge in [0.05, 0.1) is 18.3 Å². The fraction of sp³-hybridized carbons (Fsp3) is 0.311. The summed E-state index contributed by atoms with van der Waals surface area (Å²) in [7, 11) is -1.47. The van der Waals surface area contributed by atoms with Crippen LogP contribution in [0.5, 0.6) is 5.75 Å². The SMILES string of the molecule is C=CCOC(=O)n1cc2c3c(cccc31)-c1cccc3c1N[C@@H]1Oc4ccc5cc4[C@]31c1oc(nc1-c1ncc-2o1)[C@H](C(C)C)NC(=O)[C@@H](NC(=O)OCC[Si](C)(C)C)C5. The van der Waals surface area contributed by atoms with Crippen LogP contribution in [-0.2, 0) is 26.1 Å². The van der Waals surface area contributed by atoms with E-state index in [0.29, 0.717) is 34.0 Å². The Kier molecular flexibility index (Phi) is 8.61. The Morgan fingerprint density at radius 3 is 2.67 bits per heavy atom. The number of nitrogens with one attached hydrogen (secondary N) is 3. The third-order valence-corrected chi connectivity index (χ3v) is 13.6. The highest BCUT2D eigenvalue weighted by molar-refractivity contribution is 6.76. The summed E-state index contributed by atoms with van der Waals surface area (Å²) in [5, 5.41) is 10.5. The molecular formula is C45H44N6O8Si. The zero-order valence-corrected chi connectivity index (χ0v) is 34.9. The molecule has 0 radical (unpaired) electrons. The van der Waals surface area contributed by atoms with Crippen molar-refractivity contribution in [2.75, 3.05) is 18.5 Å². The molecule has 4 aliphatic rings. The average Bonchev–Trinajstić information content (AvgIpc) is 4.04. The number of ether oxygens (including phenoxy) is 3.